The maximum Gasteiger partial charge on any atom is 0.159 e. The summed E-state index contributed by atoms with van der Waals surface area (Å²) in [6.45, 7) is 6.50. The maximum absolute atomic E-state index is 6.67. The molecule has 10 rings (SSSR count). The van der Waals surface area contributed by atoms with E-state index in [1.807, 2.05) is 12.1 Å². The van der Waals surface area contributed by atoms with E-state index in [9.17, 15) is 0 Å². The first kappa shape index (κ1) is 35.0. The molecule has 1 aromatic heterocycles. The Balaban J connectivity index is 1.14. The van der Waals surface area contributed by atoms with Gasteiger partial charge >= 0.3 is 0 Å². The predicted molar refractivity (Wildman–Crippen MR) is 244 cm³/mol. The van der Waals surface area contributed by atoms with Gasteiger partial charge in [-0.3, -0.25) is 0 Å². The molecule has 8 aromatic carbocycles. The second kappa shape index (κ2) is 14.6. The minimum Gasteiger partial charge on any atom is -0.454 e. The van der Waals surface area contributed by atoms with Crippen LogP contribution >= 0.6 is 0 Å². The van der Waals surface area contributed by atoms with Crippen LogP contribution in [0.5, 0.6) is 0 Å². The number of anilines is 3. The molecule has 58 heavy (non-hydrogen) atoms. The molecular formula is C56H41NO. The number of hydrogen-bond acceptors (Lipinski definition) is 2. The van der Waals surface area contributed by atoms with E-state index in [0.29, 0.717) is 0 Å². The summed E-state index contributed by atoms with van der Waals surface area (Å²) in [5, 5.41) is 2.20. The van der Waals surface area contributed by atoms with Crippen molar-refractivity contribution in [1.29, 1.82) is 0 Å². The summed E-state index contributed by atoms with van der Waals surface area (Å²) in [6, 6.07) is 71.8. The SMILES string of the molecule is C=CC1=C(/C=C\C)c2ccccc2C1(c1ccccc1)c1ccc(N(c2ccc(-c3cccc(-c4ccccc4)c3)cc2)c2cccc3c2oc2ccccc23)cc1. The molecule has 9 aromatic rings. The van der Waals surface area contributed by atoms with Crippen molar-refractivity contribution in [2.75, 3.05) is 4.90 Å². The highest BCUT2D eigenvalue weighted by molar-refractivity contribution is 6.10. The van der Waals surface area contributed by atoms with Crippen LogP contribution in [-0.2, 0) is 5.41 Å². The number of allylic oxidation sites excluding steroid dienone is 5. The van der Waals surface area contributed by atoms with E-state index in [-0.39, 0.29) is 0 Å². The van der Waals surface area contributed by atoms with Gasteiger partial charge in [0.2, 0.25) is 0 Å². The molecular weight excluding hydrogens is 703 g/mol. The number of furan rings is 1. The van der Waals surface area contributed by atoms with Crippen molar-refractivity contribution < 1.29 is 4.42 Å². The fraction of sp³-hybridized carbons (Fsp3) is 0.0357. The quantitative estimate of drug-likeness (QED) is 0.146. The highest BCUT2D eigenvalue weighted by Crippen LogP contribution is 2.55. The van der Waals surface area contributed by atoms with Crippen molar-refractivity contribution in [2.45, 2.75) is 12.3 Å². The summed E-state index contributed by atoms with van der Waals surface area (Å²) in [7, 11) is 0. The van der Waals surface area contributed by atoms with E-state index in [4.69, 9.17) is 4.42 Å². The summed E-state index contributed by atoms with van der Waals surface area (Å²) >= 11 is 0. The molecule has 0 N–H and O–H groups in total. The summed E-state index contributed by atoms with van der Waals surface area (Å²) in [5.74, 6) is 0. The van der Waals surface area contributed by atoms with Crippen LogP contribution in [0.4, 0.5) is 17.1 Å². The van der Waals surface area contributed by atoms with E-state index in [1.54, 1.807) is 0 Å². The van der Waals surface area contributed by atoms with Gasteiger partial charge < -0.3 is 9.32 Å². The van der Waals surface area contributed by atoms with Crippen LogP contribution < -0.4 is 4.90 Å². The Labute approximate surface area is 340 Å². The fourth-order valence-electron chi connectivity index (χ4n) is 9.13. The van der Waals surface area contributed by atoms with Crippen LogP contribution in [0.1, 0.15) is 29.2 Å². The van der Waals surface area contributed by atoms with E-state index < -0.39 is 5.41 Å². The molecule has 0 saturated carbocycles. The van der Waals surface area contributed by atoms with Crippen molar-refractivity contribution in [2.24, 2.45) is 0 Å². The second-order valence-electron chi connectivity index (χ2n) is 14.8. The average molecular weight is 744 g/mol. The van der Waals surface area contributed by atoms with Gasteiger partial charge in [-0.25, -0.2) is 0 Å². The van der Waals surface area contributed by atoms with Crippen molar-refractivity contribution in [3.8, 4) is 22.3 Å². The molecule has 1 atom stereocenters. The number of para-hydroxylation sites is 2. The third kappa shape index (κ3) is 5.64. The molecule has 1 aliphatic carbocycles. The van der Waals surface area contributed by atoms with Crippen LogP contribution in [0, 0.1) is 0 Å². The van der Waals surface area contributed by atoms with Gasteiger partial charge in [-0.15, -0.1) is 0 Å². The van der Waals surface area contributed by atoms with Crippen LogP contribution in [0.2, 0.25) is 0 Å². The van der Waals surface area contributed by atoms with Crippen molar-refractivity contribution in [3.05, 3.63) is 253 Å². The third-order valence-corrected chi connectivity index (χ3v) is 11.7. The van der Waals surface area contributed by atoms with Gasteiger partial charge in [0.25, 0.3) is 0 Å². The van der Waals surface area contributed by atoms with Crippen LogP contribution in [0.3, 0.4) is 0 Å². The Hall–Kier alpha value is -7.42. The lowest BCUT2D eigenvalue weighted by molar-refractivity contribution is 0.669. The molecule has 276 valence electrons. The number of fused-ring (bicyclic) bond motifs is 4. The molecule has 1 heterocycles. The van der Waals surface area contributed by atoms with Gasteiger partial charge in [0.1, 0.15) is 5.58 Å². The summed E-state index contributed by atoms with van der Waals surface area (Å²) in [5.41, 5.74) is 16.2. The zero-order chi connectivity index (χ0) is 39.1. The van der Waals surface area contributed by atoms with Gasteiger partial charge in [-0.1, -0.05) is 183 Å². The number of hydrogen-bond donors (Lipinski definition) is 0. The molecule has 0 bridgehead atoms. The lowest BCUT2D eigenvalue weighted by Crippen LogP contribution is -2.29. The molecule has 0 fully saturated rings. The molecule has 1 aliphatic rings. The van der Waals surface area contributed by atoms with Gasteiger partial charge in [-0.2, -0.15) is 0 Å². The Bertz CT molecular complexity index is 3010. The first-order chi connectivity index (χ1) is 28.7. The monoisotopic (exact) mass is 743 g/mol. The third-order valence-electron chi connectivity index (χ3n) is 11.7. The highest BCUT2D eigenvalue weighted by Gasteiger charge is 2.46. The van der Waals surface area contributed by atoms with E-state index in [1.165, 1.54) is 50.1 Å². The zero-order valence-corrected chi connectivity index (χ0v) is 32.3. The smallest absolute Gasteiger partial charge is 0.159 e. The van der Waals surface area contributed by atoms with Gasteiger partial charge in [0.05, 0.1) is 11.1 Å². The molecule has 0 aliphatic heterocycles. The molecule has 0 radical (unpaired) electrons. The minimum atomic E-state index is -0.549. The number of benzene rings is 8. The second-order valence-corrected chi connectivity index (χ2v) is 14.8. The zero-order valence-electron chi connectivity index (χ0n) is 32.3. The van der Waals surface area contributed by atoms with E-state index >= 15 is 0 Å². The Morgan fingerprint density at radius 3 is 1.81 bits per heavy atom. The molecule has 0 saturated heterocycles. The molecule has 0 amide bonds. The molecule has 2 heteroatoms. The molecule has 1 unspecified atom stereocenters. The largest absolute Gasteiger partial charge is 0.454 e. The van der Waals surface area contributed by atoms with Crippen LogP contribution in [0.25, 0.3) is 49.8 Å². The van der Waals surface area contributed by atoms with Crippen LogP contribution in [-0.4, -0.2) is 0 Å². The standard InChI is InChI=1S/C56H41NO/c1-3-17-47-48-24-11-13-27-52(48)56(51(47)4-2,43-22-9-6-10-23-43)44-32-36-46(37-33-44)57(53-28-16-26-50-49-25-12-14-29-54(49)58-55(50)53)45-34-30-40(31-35-45)42-21-15-20-41(38-42)39-18-7-5-8-19-39/h3-38H,2H2,1H3/b17-3-. The first-order valence-electron chi connectivity index (χ1n) is 19.9. The topological polar surface area (TPSA) is 16.4 Å². The van der Waals surface area contributed by atoms with Crippen molar-refractivity contribution in [1.82, 2.24) is 0 Å². The maximum atomic E-state index is 6.67. The lowest BCUT2D eigenvalue weighted by atomic mass is 9.67. The lowest BCUT2D eigenvalue weighted by Gasteiger charge is -2.35. The van der Waals surface area contributed by atoms with Crippen molar-refractivity contribution >= 4 is 44.6 Å². The normalized spacial score (nSPS) is 15.0. The van der Waals surface area contributed by atoms with Crippen molar-refractivity contribution in [3.63, 3.8) is 0 Å². The number of rotatable bonds is 9. The van der Waals surface area contributed by atoms with E-state index in [0.717, 1.165) is 44.6 Å². The Morgan fingerprint density at radius 2 is 1.09 bits per heavy atom. The molecule has 2 nitrogen and oxygen atoms in total. The van der Waals surface area contributed by atoms with Crippen LogP contribution in [0.15, 0.2) is 235 Å². The minimum absolute atomic E-state index is 0.549. The average Bonchev–Trinajstić information content (AvgIpc) is 3.82. The predicted octanol–water partition coefficient (Wildman–Crippen LogP) is 15.3. The fourth-order valence-corrected chi connectivity index (χ4v) is 9.13. The Morgan fingerprint density at radius 1 is 0.517 bits per heavy atom. The van der Waals surface area contributed by atoms with Gasteiger partial charge in [-0.05, 0) is 105 Å². The summed E-state index contributed by atoms with van der Waals surface area (Å²) in [4.78, 5) is 2.33. The molecule has 0 spiro atoms. The Kier molecular flexibility index (Phi) is 8.81. The van der Waals surface area contributed by atoms with Gasteiger partial charge in [0.15, 0.2) is 5.58 Å². The first-order valence-corrected chi connectivity index (χ1v) is 19.9. The van der Waals surface area contributed by atoms with Gasteiger partial charge in [0, 0.05) is 22.1 Å². The number of nitrogens with zero attached hydrogens (tertiary/aromatic N) is 1. The highest BCUT2D eigenvalue weighted by atomic mass is 16.3. The summed E-state index contributed by atoms with van der Waals surface area (Å²) < 4.78 is 6.67. The van der Waals surface area contributed by atoms with E-state index in [2.05, 4.69) is 225 Å². The summed E-state index contributed by atoms with van der Waals surface area (Å²) in [6.07, 6.45) is 6.41.